The van der Waals surface area contributed by atoms with E-state index in [0.717, 1.165) is 89.9 Å². The van der Waals surface area contributed by atoms with Gasteiger partial charge in [0.05, 0.1) is 38.6 Å². The fourth-order valence-electron chi connectivity index (χ4n) is 9.69. The van der Waals surface area contributed by atoms with E-state index in [1.807, 2.05) is 6.08 Å². The van der Waals surface area contributed by atoms with Crippen molar-refractivity contribution >= 4 is 5.91 Å². The van der Waals surface area contributed by atoms with Crippen LogP contribution in [-0.2, 0) is 33.2 Å². The van der Waals surface area contributed by atoms with Gasteiger partial charge in [-0.25, -0.2) is 0 Å². The standard InChI is InChI=1S/C65H107NO18/c1-3-5-7-9-11-13-15-17-19-21-22-23-24-25-26-27-29-31-33-35-37-39-41-43-53(71)66-48(49(70)42-40-38-36-34-32-30-28-20-18-16-14-12-10-8-6-4-2)47-79-63-59(77)56(74)61(51(45-68)81-63)84-65-60(78)57(75)62(52(46-69)82-65)83-64-58(76)55(73)54(72)50(44-67)80-64/h5,7,11,13,17-20,22-23,25-26,29,31-32,34,40,42,48-52,54-65,67-70,72-78H,3-4,6,8-10,12,14-16,21,24,27-28,30,33,35-39,41,43-47H2,1-2H3,(H,66,71)/b7-5-,13-11-,19-17-,20-18+,23-22-,26-25-,31-29-,34-32+,42-40+. The van der Waals surface area contributed by atoms with E-state index in [9.17, 15) is 61.0 Å². The first-order chi connectivity index (χ1) is 40.8. The van der Waals surface area contributed by atoms with E-state index in [1.165, 1.54) is 38.5 Å². The van der Waals surface area contributed by atoms with E-state index in [4.69, 9.17) is 28.4 Å². The molecule has 0 aromatic heterocycles. The number of carbonyl (C=O) groups excluding carboxylic acids is 1. The largest absolute Gasteiger partial charge is 0.394 e. The average molecular weight is 1190 g/mol. The highest BCUT2D eigenvalue weighted by atomic mass is 16.8. The molecule has 17 atom stereocenters. The van der Waals surface area contributed by atoms with Crippen LogP contribution < -0.4 is 5.32 Å². The van der Waals surface area contributed by atoms with E-state index >= 15 is 0 Å². The second kappa shape index (κ2) is 46.6. The van der Waals surface area contributed by atoms with Gasteiger partial charge >= 0.3 is 0 Å². The molecule has 3 aliphatic heterocycles. The fourth-order valence-corrected chi connectivity index (χ4v) is 9.69. The Morgan fingerprint density at radius 1 is 0.440 bits per heavy atom. The molecule has 19 nitrogen and oxygen atoms in total. The number of unbranched alkanes of at least 4 members (excludes halogenated alkanes) is 12. The third-order valence-corrected chi connectivity index (χ3v) is 14.8. The van der Waals surface area contributed by atoms with Crippen molar-refractivity contribution in [2.45, 2.75) is 266 Å². The summed E-state index contributed by atoms with van der Waals surface area (Å²) in [6, 6.07) is -1.02. The number of allylic oxidation sites excluding steroid dienone is 17. The summed E-state index contributed by atoms with van der Waals surface area (Å²) in [6.45, 7) is 1.52. The molecule has 0 radical (unpaired) electrons. The molecular formula is C65H107NO18. The summed E-state index contributed by atoms with van der Waals surface area (Å²) < 4.78 is 34.2. The minimum atomic E-state index is -1.99. The predicted molar refractivity (Wildman–Crippen MR) is 323 cm³/mol. The number of aliphatic hydroxyl groups excluding tert-OH is 11. The first kappa shape index (κ1) is 74.7. The molecule has 19 heteroatoms. The summed E-state index contributed by atoms with van der Waals surface area (Å²) >= 11 is 0. The van der Waals surface area contributed by atoms with E-state index < -0.39 is 131 Å². The lowest BCUT2D eigenvalue weighted by Gasteiger charge is -2.48. The molecular weight excluding hydrogens is 1080 g/mol. The molecule has 1 amide bonds. The highest BCUT2D eigenvalue weighted by Crippen LogP contribution is 2.33. The molecule has 3 aliphatic rings. The second-order valence-corrected chi connectivity index (χ2v) is 21.8. The molecule has 17 unspecified atom stereocenters. The SMILES string of the molecule is CC/C=C\C/C=C\C/C=C\C/C=C\C/C=C\C/C=C\CCCCCCC(=O)NC(COC1OC(CO)C(OC2OC(CO)C(OC3OC(CO)C(O)C(O)C3O)C(O)C2O)C(O)C1O)C(O)/C=C/CC/C=C/CC/C=C/CCCCCCCC. The summed E-state index contributed by atoms with van der Waals surface area (Å²) in [5.41, 5.74) is 0. The molecule has 3 heterocycles. The van der Waals surface area contributed by atoms with Crippen molar-refractivity contribution in [2.24, 2.45) is 0 Å². The quantitative estimate of drug-likeness (QED) is 0.0235. The molecule has 0 aromatic rings. The Kier molecular flexibility index (Phi) is 41.4. The van der Waals surface area contributed by atoms with Crippen LogP contribution in [0.15, 0.2) is 109 Å². The van der Waals surface area contributed by atoms with Crippen LogP contribution in [0.4, 0.5) is 0 Å². The molecule has 0 saturated carbocycles. The van der Waals surface area contributed by atoms with Gasteiger partial charge < -0.3 is 89.9 Å². The number of amides is 1. The Morgan fingerprint density at radius 2 is 0.833 bits per heavy atom. The van der Waals surface area contributed by atoms with Gasteiger partial charge in [-0.15, -0.1) is 0 Å². The van der Waals surface area contributed by atoms with Gasteiger partial charge in [0.1, 0.15) is 73.2 Å². The van der Waals surface area contributed by atoms with Crippen molar-refractivity contribution in [3.8, 4) is 0 Å². The highest BCUT2D eigenvalue weighted by molar-refractivity contribution is 5.76. The third-order valence-electron chi connectivity index (χ3n) is 14.8. The highest BCUT2D eigenvalue weighted by Gasteiger charge is 2.53. The topological polar surface area (TPSA) is 307 Å². The van der Waals surface area contributed by atoms with Crippen LogP contribution in [0.3, 0.4) is 0 Å². The number of hydrogen-bond acceptors (Lipinski definition) is 18. The Balaban J connectivity index is 1.51. The molecule has 480 valence electrons. The fraction of sp³-hybridized carbons (Fsp3) is 0.708. The van der Waals surface area contributed by atoms with Crippen LogP contribution in [0.25, 0.3) is 0 Å². The van der Waals surface area contributed by atoms with Crippen LogP contribution in [0, 0.1) is 0 Å². The van der Waals surface area contributed by atoms with Gasteiger partial charge in [-0.3, -0.25) is 4.79 Å². The molecule has 0 aliphatic carbocycles. The van der Waals surface area contributed by atoms with Gasteiger partial charge in [0.2, 0.25) is 5.91 Å². The predicted octanol–water partition coefficient (Wildman–Crippen LogP) is 6.31. The maximum atomic E-state index is 13.3. The molecule has 0 spiro atoms. The average Bonchev–Trinajstić information content (AvgIpc) is 3.69. The Hall–Kier alpha value is -3.55. The lowest BCUT2D eigenvalue weighted by Crippen LogP contribution is -2.66. The summed E-state index contributed by atoms with van der Waals surface area (Å²) in [5, 5.41) is 120. The Bertz CT molecular complexity index is 1950. The minimum absolute atomic E-state index is 0.195. The first-order valence-electron chi connectivity index (χ1n) is 31.1. The lowest BCUT2D eigenvalue weighted by molar-refractivity contribution is -0.379. The summed E-state index contributed by atoms with van der Waals surface area (Å²) in [5.74, 6) is -0.320. The lowest BCUT2D eigenvalue weighted by atomic mass is 9.96. The van der Waals surface area contributed by atoms with Crippen LogP contribution in [-0.4, -0.2) is 193 Å². The maximum Gasteiger partial charge on any atom is 0.220 e. The molecule has 0 bridgehead atoms. The van der Waals surface area contributed by atoms with Crippen LogP contribution in [0.5, 0.6) is 0 Å². The van der Waals surface area contributed by atoms with Crippen molar-refractivity contribution in [2.75, 3.05) is 26.4 Å². The van der Waals surface area contributed by atoms with Crippen LogP contribution in [0.1, 0.15) is 162 Å². The third kappa shape index (κ3) is 29.4. The zero-order chi connectivity index (χ0) is 61.2. The normalized spacial score (nSPS) is 29.9. The Labute approximate surface area is 500 Å². The molecule has 12 N–H and O–H groups in total. The molecule has 3 saturated heterocycles. The number of rotatable bonds is 44. The number of aliphatic hydroxyl groups is 11. The first-order valence-corrected chi connectivity index (χ1v) is 31.1. The van der Waals surface area contributed by atoms with Gasteiger partial charge in [-0.2, -0.15) is 0 Å². The summed E-state index contributed by atoms with van der Waals surface area (Å²) in [7, 11) is 0. The van der Waals surface area contributed by atoms with Gasteiger partial charge in [0.15, 0.2) is 18.9 Å². The maximum absolute atomic E-state index is 13.3. The van der Waals surface area contributed by atoms with Crippen LogP contribution in [0.2, 0.25) is 0 Å². The number of hydrogen-bond donors (Lipinski definition) is 12. The van der Waals surface area contributed by atoms with E-state index in [0.29, 0.717) is 12.8 Å². The van der Waals surface area contributed by atoms with Crippen molar-refractivity contribution in [3.63, 3.8) is 0 Å². The van der Waals surface area contributed by atoms with E-state index in [1.54, 1.807) is 6.08 Å². The summed E-state index contributed by atoms with van der Waals surface area (Å²) in [6.07, 6.45) is 33.5. The van der Waals surface area contributed by atoms with E-state index in [2.05, 4.69) is 116 Å². The van der Waals surface area contributed by atoms with Gasteiger partial charge in [-0.05, 0) is 96.3 Å². The molecule has 3 fully saturated rings. The van der Waals surface area contributed by atoms with Crippen molar-refractivity contribution in [1.29, 1.82) is 0 Å². The van der Waals surface area contributed by atoms with E-state index in [-0.39, 0.29) is 12.3 Å². The van der Waals surface area contributed by atoms with Crippen molar-refractivity contribution < 1.29 is 89.4 Å². The smallest absolute Gasteiger partial charge is 0.220 e. The van der Waals surface area contributed by atoms with Gasteiger partial charge in [0, 0.05) is 6.42 Å². The summed E-state index contributed by atoms with van der Waals surface area (Å²) in [4.78, 5) is 13.3. The van der Waals surface area contributed by atoms with Crippen molar-refractivity contribution in [3.05, 3.63) is 109 Å². The van der Waals surface area contributed by atoms with Gasteiger partial charge in [-0.1, -0.05) is 168 Å². The molecule has 0 aromatic carbocycles. The number of nitrogens with one attached hydrogen (secondary N) is 1. The number of ether oxygens (including phenoxy) is 6. The van der Waals surface area contributed by atoms with Gasteiger partial charge in [0.25, 0.3) is 0 Å². The monoisotopic (exact) mass is 1190 g/mol. The minimum Gasteiger partial charge on any atom is -0.394 e. The number of carbonyl (C=O) groups is 1. The Morgan fingerprint density at radius 3 is 1.33 bits per heavy atom. The molecule has 84 heavy (non-hydrogen) atoms. The zero-order valence-corrected chi connectivity index (χ0v) is 50.1. The zero-order valence-electron chi connectivity index (χ0n) is 50.1. The molecule has 3 rings (SSSR count). The second-order valence-electron chi connectivity index (χ2n) is 21.8. The van der Waals surface area contributed by atoms with Crippen LogP contribution >= 0.6 is 0 Å². The van der Waals surface area contributed by atoms with Crippen molar-refractivity contribution in [1.82, 2.24) is 5.32 Å².